The third-order valence-electron chi connectivity index (χ3n) is 4.07. The summed E-state index contributed by atoms with van der Waals surface area (Å²) >= 11 is 0. The standard InChI is InChI=1S/C15H27NO3/c1-5-19-14(17)9-16-15(18)13-8-11(4)6-7-12(13)10(2)3/h10-13H,5-9H2,1-4H3,(H,16,18)/t11-,12+,13-/m1/s1. The van der Waals surface area contributed by atoms with E-state index in [-0.39, 0.29) is 24.3 Å². The van der Waals surface area contributed by atoms with Crippen molar-refractivity contribution in [3.8, 4) is 0 Å². The maximum atomic E-state index is 12.2. The topological polar surface area (TPSA) is 55.4 Å². The van der Waals surface area contributed by atoms with Crippen molar-refractivity contribution in [1.29, 1.82) is 0 Å². The van der Waals surface area contributed by atoms with Crippen LogP contribution in [0.15, 0.2) is 0 Å². The quantitative estimate of drug-likeness (QED) is 0.780. The van der Waals surface area contributed by atoms with Gasteiger partial charge in [0.15, 0.2) is 0 Å². The first kappa shape index (κ1) is 16.0. The highest BCUT2D eigenvalue weighted by Crippen LogP contribution is 2.37. The van der Waals surface area contributed by atoms with Gasteiger partial charge >= 0.3 is 5.97 Å². The number of hydrogen-bond donors (Lipinski definition) is 1. The summed E-state index contributed by atoms with van der Waals surface area (Å²) in [7, 11) is 0. The number of ether oxygens (including phenoxy) is 1. The predicted molar refractivity (Wildman–Crippen MR) is 74.5 cm³/mol. The smallest absolute Gasteiger partial charge is 0.325 e. The molecule has 0 unspecified atom stereocenters. The monoisotopic (exact) mass is 269 g/mol. The summed E-state index contributed by atoms with van der Waals surface area (Å²) in [6.45, 7) is 8.64. The minimum atomic E-state index is -0.360. The molecule has 1 amide bonds. The van der Waals surface area contributed by atoms with E-state index in [1.165, 1.54) is 6.42 Å². The van der Waals surface area contributed by atoms with Crippen LogP contribution in [0.4, 0.5) is 0 Å². The minimum Gasteiger partial charge on any atom is -0.465 e. The van der Waals surface area contributed by atoms with E-state index in [1.54, 1.807) is 6.92 Å². The van der Waals surface area contributed by atoms with Gasteiger partial charge in [-0.3, -0.25) is 9.59 Å². The molecule has 110 valence electrons. The van der Waals surface area contributed by atoms with E-state index >= 15 is 0 Å². The molecule has 0 aromatic heterocycles. The molecule has 1 aliphatic carbocycles. The van der Waals surface area contributed by atoms with Crippen molar-refractivity contribution >= 4 is 11.9 Å². The minimum absolute atomic E-state index is 0.0115. The Kier molecular flexibility index (Phi) is 6.32. The Balaban J connectivity index is 2.53. The Morgan fingerprint density at radius 2 is 2.00 bits per heavy atom. The van der Waals surface area contributed by atoms with Crippen molar-refractivity contribution < 1.29 is 14.3 Å². The van der Waals surface area contributed by atoms with Crippen LogP contribution < -0.4 is 5.32 Å². The van der Waals surface area contributed by atoms with Gasteiger partial charge in [0, 0.05) is 5.92 Å². The number of hydrogen-bond acceptors (Lipinski definition) is 3. The molecule has 3 atom stereocenters. The van der Waals surface area contributed by atoms with Crippen molar-refractivity contribution in [1.82, 2.24) is 5.32 Å². The number of esters is 1. The third kappa shape index (κ3) is 4.84. The summed E-state index contributed by atoms with van der Waals surface area (Å²) in [6, 6.07) is 0. The van der Waals surface area contributed by atoms with Crippen molar-refractivity contribution in [2.75, 3.05) is 13.2 Å². The Bertz CT molecular complexity index is 315. The first-order valence-electron chi connectivity index (χ1n) is 7.39. The Labute approximate surface area is 116 Å². The van der Waals surface area contributed by atoms with Crippen LogP contribution in [0, 0.1) is 23.7 Å². The van der Waals surface area contributed by atoms with Gasteiger partial charge in [-0.15, -0.1) is 0 Å². The van der Waals surface area contributed by atoms with E-state index in [1.807, 2.05) is 0 Å². The van der Waals surface area contributed by atoms with Crippen LogP contribution >= 0.6 is 0 Å². The average Bonchev–Trinajstić information content (AvgIpc) is 2.35. The summed E-state index contributed by atoms with van der Waals surface area (Å²) < 4.78 is 4.82. The zero-order valence-electron chi connectivity index (χ0n) is 12.6. The van der Waals surface area contributed by atoms with Crippen molar-refractivity contribution in [2.24, 2.45) is 23.7 Å². The molecule has 0 radical (unpaired) electrons. The molecule has 1 N–H and O–H groups in total. The number of carbonyl (C=O) groups is 2. The summed E-state index contributed by atoms with van der Waals surface area (Å²) in [6.07, 6.45) is 3.23. The summed E-state index contributed by atoms with van der Waals surface area (Å²) in [5.41, 5.74) is 0. The van der Waals surface area contributed by atoms with Crippen LogP contribution in [0.1, 0.15) is 47.0 Å². The Hall–Kier alpha value is -1.06. The van der Waals surface area contributed by atoms with E-state index in [9.17, 15) is 9.59 Å². The van der Waals surface area contributed by atoms with E-state index in [4.69, 9.17) is 4.74 Å². The molecule has 1 fully saturated rings. The second-order valence-corrected chi connectivity index (χ2v) is 5.96. The lowest BCUT2D eigenvalue weighted by Gasteiger charge is -2.36. The van der Waals surface area contributed by atoms with Crippen molar-refractivity contribution in [3.05, 3.63) is 0 Å². The predicted octanol–water partition coefficient (Wildman–Crippen LogP) is 2.37. The van der Waals surface area contributed by atoms with E-state index in [0.717, 1.165) is 12.8 Å². The number of nitrogens with one attached hydrogen (secondary N) is 1. The second kappa shape index (κ2) is 7.51. The lowest BCUT2D eigenvalue weighted by atomic mass is 9.70. The van der Waals surface area contributed by atoms with Gasteiger partial charge in [-0.2, -0.15) is 0 Å². The molecule has 0 bridgehead atoms. The van der Waals surface area contributed by atoms with Gasteiger partial charge in [0.2, 0.25) is 5.91 Å². The van der Waals surface area contributed by atoms with Gasteiger partial charge in [-0.1, -0.05) is 27.2 Å². The molecule has 1 aliphatic rings. The van der Waals surface area contributed by atoms with Crippen LogP contribution in [-0.4, -0.2) is 25.0 Å². The number of carbonyl (C=O) groups excluding carboxylic acids is 2. The van der Waals surface area contributed by atoms with Crippen molar-refractivity contribution in [2.45, 2.75) is 47.0 Å². The molecule has 4 nitrogen and oxygen atoms in total. The zero-order valence-corrected chi connectivity index (χ0v) is 12.6. The lowest BCUT2D eigenvalue weighted by molar-refractivity contribution is -0.144. The van der Waals surface area contributed by atoms with Gasteiger partial charge in [-0.05, 0) is 37.5 Å². The molecule has 0 heterocycles. The van der Waals surface area contributed by atoms with E-state index < -0.39 is 0 Å². The van der Waals surface area contributed by atoms with Crippen LogP contribution in [0.2, 0.25) is 0 Å². The fourth-order valence-corrected chi connectivity index (χ4v) is 3.01. The summed E-state index contributed by atoms with van der Waals surface area (Å²) in [4.78, 5) is 23.5. The Morgan fingerprint density at radius 1 is 1.32 bits per heavy atom. The number of rotatable bonds is 5. The molecule has 1 saturated carbocycles. The zero-order chi connectivity index (χ0) is 14.4. The lowest BCUT2D eigenvalue weighted by Crippen LogP contribution is -2.42. The SMILES string of the molecule is CCOC(=O)CNC(=O)[C@@H]1C[C@H](C)CC[C@H]1C(C)C. The largest absolute Gasteiger partial charge is 0.465 e. The molecule has 0 aromatic rings. The third-order valence-corrected chi connectivity index (χ3v) is 4.07. The first-order valence-corrected chi connectivity index (χ1v) is 7.39. The van der Waals surface area contributed by atoms with Crippen LogP contribution in [0.5, 0.6) is 0 Å². The molecular weight excluding hydrogens is 242 g/mol. The van der Waals surface area contributed by atoms with Gasteiger partial charge in [0.05, 0.1) is 6.61 Å². The van der Waals surface area contributed by atoms with E-state index in [0.29, 0.717) is 24.4 Å². The van der Waals surface area contributed by atoms with Crippen LogP contribution in [0.25, 0.3) is 0 Å². The maximum Gasteiger partial charge on any atom is 0.325 e. The fraction of sp³-hybridized carbons (Fsp3) is 0.867. The van der Waals surface area contributed by atoms with Gasteiger partial charge in [0.1, 0.15) is 6.54 Å². The molecule has 1 rings (SSSR count). The van der Waals surface area contributed by atoms with Gasteiger partial charge in [-0.25, -0.2) is 0 Å². The highest BCUT2D eigenvalue weighted by atomic mass is 16.5. The first-order chi connectivity index (χ1) is 8.95. The molecule has 19 heavy (non-hydrogen) atoms. The number of amides is 1. The summed E-state index contributed by atoms with van der Waals surface area (Å²) in [5, 5.41) is 2.73. The maximum absolute atomic E-state index is 12.2. The average molecular weight is 269 g/mol. The van der Waals surface area contributed by atoms with Crippen LogP contribution in [0.3, 0.4) is 0 Å². The Morgan fingerprint density at radius 3 is 2.58 bits per heavy atom. The molecule has 0 saturated heterocycles. The fourth-order valence-electron chi connectivity index (χ4n) is 3.01. The van der Waals surface area contributed by atoms with Gasteiger partial charge < -0.3 is 10.1 Å². The van der Waals surface area contributed by atoms with Gasteiger partial charge in [0.25, 0.3) is 0 Å². The highest BCUT2D eigenvalue weighted by Gasteiger charge is 2.35. The molecule has 0 spiro atoms. The molecule has 4 heteroatoms. The summed E-state index contributed by atoms with van der Waals surface area (Å²) in [5.74, 6) is 1.22. The second-order valence-electron chi connectivity index (χ2n) is 5.96. The molecular formula is C15H27NO3. The van der Waals surface area contributed by atoms with Crippen LogP contribution in [-0.2, 0) is 14.3 Å². The van der Waals surface area contributed by atoms with E-state index in [2.05, 4.69) is 26.1 Å². The molecule has 0 aromatic carbocycles. The van der Waals surface area contributed by atoms with Crippen molar-refractivity contribution in [3.63, 3.8) is 0 Å². The molecule has 0 aliphatic heterocycles. The normalized spacial score (nSPS) is 27.1. The highest BCUT2D eigenvalue weighted by molar-refractivity contribution is 5.83.